The van der Waals surface area contributed by atoms with Gasteiger partial charge in [0.15, 0.2) is 0 Å². The number of hydrogen-bond donors (Lipinski definition) is 1. The first-order valence-corrected chi connectivity index (χ1v) is 8.20. The highest BCUT2D eigenvalue weighted by atomic mass is 16.5. The van der Waals surface area contributed by atoms with E-state index in [0.717, 1.165) is 19.5 Å². The van der Waals surface area contributed by atoms with Crippen LogP contribution in [0, 0.1) is 11.8 Å². The Kier molecular flexibility index (Phi) is 7.97. The molecule has 1 aliphatic heterocycles. The van der Waals surface area contributed by atoms with Gasteiger partial charge in [0.2, 0.25) is 0 Å². The fraction of sp³-hybridized carbons (Fsp3) is 0.938. The molecule has 0 aromatic carbocycles. The number of nitrogens with one attached hydrogen (secondary N) is 1. The molecule has 0 aliphatic carbocycles. The number of rotatable bonds is 7. The number of alkyl carbamates (subject to hydrolysis) is 1. The van der Waals surface area contributed by atoms with E-state index in [2.05, 4.69) is 31.0 Å². The van der Waals surface area contributed by atoms with Crippen molar-refractivity contribution in [3.8, 4) is 0 Å². The maximum Gasteiger partial charge on any atom is 0.407 e. The number of carbonyl (C=O) groups excluding carboxylic acids is 1. The summed E-state index contributed by atoms with van der Waals surface area (Å²) in [5.41, 5.74) is 0. The van der Waals surface area contributed by atoms with Gasteiger partial charge in [-0.3, -0.25) is 0 Å². The maximum atomic E-state index is 11.6. The standard InChI is InChI=1S/C16H32N2O2/c1-5-7-8-14-9-15(17-16(19)20-6-2)12-18(11-14)10-13(3)4/h13-15H,5-12H2,1-4H3,(H,17,19). The van der Waals surface area contributed by atoms with E-state index < -0.39 is 0 Å². The predicted molar refractivity (Wildman–Crippen MR) is 82.9 cm³/mol. The van der Waals surface area contributed by atoms with Crippen molar-refractivity contribution in [3.05, 3.63) is 0 Å². The second-order valence-electron chi connectivity index (χ2n) is 6.42. The van der Waals surface area contributed by atoms with Crippen molar-refractivity contribution in [3.63, 3.8) is 0 Å². The molecule has 0 bridgehead atoms. The second-order valence-corrected chi connectivity index (χ2v) is 6.42. The Hall–Kier alpha value is -0.770. The van der Waals surface area contributed by atoms with Gasteiger partial charge >= 0.3 is 6.09 Å². The lowest BCUT2D eigenvalue weighted by atomic mass is 9.89. The molecule has 1 aliphatic rings. The van der Waals surface area contributed by atoms with Gasteiger partial charge in [0, 0.05) is 25.7 Å². The molecular weight excluding hydrogens is 252 g/mol. The second kappa shape index (κ2) is 9.22. The topological polar surface area (TPSA) is 41.6 Å². The molecule has 1 rings (SSSR count). The van der Waals surface area contributed by atoms with Crippen molar-refractivity contribution in [2.24, 2.45) is 11.8 Å². The normalized spacial score (nSPS) is 23.9. The highest BCUT2D eigenvalue weighted by molar-refractivity contribution is 5.67. The van der Waals surface area contributed by atoms with Crippen molar-refractivity contribution in [2.75, 3.05) is 26.2 Å². The zero-order valence-corrected chi connectivity index (χ0v) is 13.7. The van der Waals surface area contributed by atoms with Crippen LogP contribution in [0.25, 0.3) is 0 Å². The fourth-order valence-electron chi connectivity index (χ4n) is 3.11. The quantitative estimate of drug-likeness (QED) is 0.780. The first-order valence-electron chi connectivity index (χ1n) is 8.20. The van der Waals surface area contributed by atoms with Crippen LogP contribution < -0.4 is 5.32 Å². The summed E-state index contributed by atoms with van der Waals surface area (Å²) < 4.78 is 5.01. The van der Waals surface area contributed by atoms with E-state index in [1.165, 1.54) is 25.8 Å². The summed E-state index contributed by atoms with van der Waals surface area (Å²) in [6.07, 6.45) is 4.63. The van der Waals surface area contributed by atoms with Crippen molar-refractivity contribution >= 4 is 6.09 Å². The molecule has 20 heavy (non-hydrogen) atoms. The maximum absolute atomic E-state index is 11.6. The Balaban J connectivity index is 2.51. The van der Waals surface area contributed by atoms with Gasteiger partial charge in [-0.25, -0.2) is 4.79 Å². The Morgan fingerprint density at radius 2 is 2.10 bits per heavy atom. The summed E-state index contributed by atoms with van der Waals surface area (Å²) >= 11 is 0. The highest BCUT2D eigenvalue weighted by Gasteiger charge is 2.28. The Labute approximate surface area is 124 Å². The minimum atomic E-state index is -0.266. The van der Waals surface area contributed by atoms with Crippen LogP contribution in [0.4, 0.5) is 4.79 Å². The van der Waals surface area contributed by atoms with E-state index in [-0.39, 0.29) is 12.1 Å². The molecule has 0 spiro atoms. The summed E-state index contributed by atoms with van der Waals surface area (Å²) in [5, 5.41) is 3.03. The van der Waals surface area contributed by atoms with Crippen LogP contribution in [0.15, 0.2) is 0 Å². The van der Waals surface area contributed by atoms with E-state index in [0.29, 0.717) is 18.4 Å². The van der Waals surface area contributed by atoms with Crippen LogP contribution in [0.1, 0.15) is 53.4 Å². The highest BCUT2D eigenvalue weighted by Crippen LogP contribution is 2.23. The molecule has 0 saturated carbocycles. The Morgan fingerprint density at radius 3 is 2.70 bits per heavy atom. The molecule has 4 nitrogen and oxygen atoms in total. The molecule has 2 atom stereocenters. The molecule has 0 aromatic rings. The molecule has 118 valence electrons. The van der Waals surface area contributed by atoms with Gasteiger partial charge in [0.05, 0.1) is 6.61 Å². The van der Waals surface area contributed by atoms with Crippen LogP contribution >= 0.6 is 0 Å². The summed E-state index contributed by atoms with van der Waals surface area (Å²) in [5.74, 6) is 1.37. The lowest BCUT2D eigenvalue weighted by Crippen LogP contribution is -2.51. The Morgan fingerprint density at radius 1 is 1.35 bits per heavy atom. The average Bonchev–Trinajstić information content (AvgIpc) is 2.35. The number of hydrogen-bond acceptors (Lipinski definition) is 3. The van der Waals surface area contributed by atoms with Crippen LogP contribution in [0.3, 0.4) is 0 Å². The number of ether oxygens (including phenoxy) is 1. The molecule has 1 heterocycles. The number of nitrogens with zero attached hydrogens (tertiary/aromatic N) is 1. The first kappa shape index (κ1) is 17.3. The summed E-state index contributed by atoms with van der Waals surface area (Å²) in [7, 11) is 0. The fourth-order valence-corrected chi connectivity index (χ4v) is 3.11. The van der Waals surface area contributed by atoms with E-state index in [1.807, 2.05) is 6.92 Å². The molecule has 1 saturated heterocycles. The van der Waals surface area contributed by atoms with Gasteiger partial charge in [0.1, 0.15) is 0 Å². The number of amides is 1. The molecule has 1 N–H and O–H groups in total. The summed E-state index contributed by atoms with van der Waals surface area (Å²) in [4.78, 5) is 14.1. The molecule has 1 fully saturated rings. The van der Waals surface area contributed by atoms with Crippen molar-refractivity contribution < 1.29 is 9.53 Å². The predicted octanol–water partition coefficient (Wildman–Crippen LogP) is 3.27. The van der Waals surface area contributed by atoms with Gasteiger partial charge < -0.3 is 15.0 Å². The van der Waals surface area contributed by atoms with Crippen LogP contribution in [0.5, 0.6) is 0 Å². The van der Waals surface area contributed by atoms with Gasteiger partial charge in [-0.15, -0.1) is 0 Å². The first-order chi connectivity index (χ1) is 9.55. The SMILES string of the molecule is CCCCC1CC(NC(=O)OCC)CN(CC(C)C)C1. The molecule has 4 heteroatoms. The molecule has 0 aromatic heterocycles. The molecule has 2 unspecified atom stereocenters. The van der Waals surface area contributed by atoms with Crippen LogP contribution in [0.2, 0.25) is 0 Å². The van der Waals surface area contributed by atoms with Crippen molar-refractivity contribution in [1.29, 1.82) is 0 Å². The van der Waals surface area contributed by atoms with E-state index >= 15 is 0 Å². The van der Waals surface area contributed by atoms with Gasteiger partial charge in [-0.05, 0) is 31.6 Å². The van der Waals surface area contributed by atoms with Gasteiger partial charge in [-0.1, -0.05) is 33.6 Å². The van der Waals surface area contributed by atoms with Gasteiger partial charge in [0.25, 0.3) is 0 Å². The van der Waals surface area contributed by atoms with Crippen LogP contribution in [-0.2, 0) is 4.74 Å². The number of carbonyl (C=O) groups is 1. The number of piperidine rings is 1. The third-order valence-electron chi connectivity index (χ3n) is 3.80. The summed E-state index contributed by atoms with van der Waals surface area (Å²) in [6.45, 7) is 12.3. The lowest BCUT2D eigenvalue weighted by molar-refractivity contribution is 0.107. The average molecular weight is 284 g/mol. The smallest absolute Gasteiger partial charge is 0.407 e. The third kappa shape index (κ3) is 6.60. The minimum absolute atomic E-state index is 0.239. The number of likely N-dealkylation sites (tertiary alicyclic amines) is 1. The molecule has 0 radical (unpaired) electrons. The monoisotopic (exact) mass is 284 g/mol. The Bertz CT molecular complexity index is 282. The lowest BCUT2D eigenvalue weighted by Gasteiger charge is -2.38. The van der Waals surface area contributed by atoms with Crippen molar-refractivity contribution in [1.82, 2.24) is 10.2 Å². The van der Waals surface area contributed by atoms with E-state index in [4.69, 9.17) is 4.74 Å². The zero-order chi connectivity index (χ0) is 15.0. The summed E-state index contributed by atoms with van der Waals surface area (Å²) in [6, 6.07) is 0.239. The van der Waals surface area contributed by atoms with Crippen molar-refractivity contribution in [2.45, 2.75) is 59.4 Å². The van der Waals surface area contributed by atoms with Gasteiger partial charge in [-0.2, -0.15) is 0 Å². The zero-order valence-electron chi connectivity index (χ0n) is 13.7. The van der Waals surface area contributed by atoms with E-state index in [9.17, 15) is 4.79 Å². The number of unbranched alkanes of at least 4 members (excludes halogenated alkanes) is 1. The van der Waals surface area contributed by atoms with Crippen LogP contribution in [-0.4, -0.2) is 43.3 Å². The third-order valence-corrected chi connectivity index (χ3v) is 3.80. The van der Waals surface area contributed by atoms with E-state index in [1.54, 1.807) is 0 Å². The molecular formula is C16H32N2O2. The largest absolute Gasteiger partial charge is 0.450 e. The minimum Gasteiger partial charge on any atom is -0.450 e. The molecule has 1 amide bonds.